The van der Waals surface area contributed by atoms with Crippen molar-refractivity contribution in [3.8, 4) is 0 Å². The van der Waals surface area contributed by atoms with Crippen LogP contribution in [0.1, 0.15) is 0 Å². The van der Waals surface area contributed by atoms with E-state index in [-0.39, 0.29) is 125 Å². The molecule has 0 N–H and O–H groups in total. The van der Waals surface area contributed by atoms with Crippen molar-refractivity contribution < 1.29 is 58.8 Å². The molecule has 0 bridgehead atoms. The van der Waals surface area contributed by atoms with Gasteiger partial charge in [0, 0.05) is 125 Å². The zero-order chi connectivity index (χ0) is 0. The van der Waals surface area contributed by atoms with E-state index in [1.165, 1.54) is 0 Å². The molecule has 0 saturated heterocycles. The molecule has 0 amide bonds. The minimum Gasteiger partial charge on any atom is 0 e. The molecule has 24 valence electrons. The van der Waals surface area contributed by atoms with Gasteiger partial charge in [0.2, 0.25) is 0 Å². The molecule has 5 heavy (non-hydrogen) atoms. The molecule has 0 spiro atoms. The predicted octanol–water partition coefficient (Wildman–Crippen LogP) is -1.14. The molecule has 0 aromatic heterocycles. The van der Waals surface area contributed by atoms with Crippen LogP contribution in [0.15, 0.2) is 0 Å². The van der Waals surface area contributed by atoms with Crippen LogP contribution in [0.3, 0.4) is 0 Å². The van der Waals surface area contributed by atoms with E-state index < -0.39 is 0 Å². The first kappa shape index (κ1) is 36.5. The maximum Gasteiger partial charge on any atom is 0 e. The molecule has 0 aromatic carbocycles. The van der Waals surface area contributed by atoms with Gasteiger partial charge in [0.25, 0.3) is 0 Å². The minimum absolute atomic E-state index is 0. The Bertz CT molecular complexity index is 11.6. The second-order valence-corrected chi connectivity index (χ2v) is 0. The third-order valence-corrected chi connectivity index (χ3v) is 0. The maximum atomic E-state index is 0. The second-order valence-electron chi connectivity index (χ2n) is 0. The first-order valence-corrected chi connectivity index (χ1v) is 0. The Balaban J connectivity index is 0. The molecular weight excluding hydrogens is 299 g/mol. The van der Waals surface area contributed by atoms with E-state index in [9.17, 15) is 0 Å². The van der Waals surface area contributed by atoms with Crippen LogP contribution in [0.25, 0.3) is 0 Å². The van der Waals surface area contributed by atoms with Gasteiger partial charge in [-0.3, -0.25) is 0 Å². The van der Waals surface area contributed by atoms with E-state index >= 15 is 0 Å². The zero-order valence-electron chi connectivity index (χ0n) is 2.59. The molecule has 0 aliphatic rings. The molecule has 5 heteroatoms. The van der Waals surface area contributed by atoms with E-state index in [1.54, 1.807) is 0 Å². The summed E-state index contributed by atoms with van der Waals surface area (Å²) in [6.45, 7) is 0. The third-order valence-electron chi connectivity index (χ3n) is 0. The van der Waals surface area contributed by atoms with Gasteiger partial charge in [-0.25, -0.2) is 0 Å². The quantitative estimate of drug-likeness (QED) is 0.496. The molecule has 0 atom stereocenters. The molecule has 10 radical (unpaired) electrons. The molecule has 0 unspecified atom stereocenters. The third kappa shape index (κ3) is 18.1. The van der Waals surface area contributed by atoms with Crippen molar-refractivity contribution in [3.05, 3.63) is 0 Å². The van der Waals surface area contributed by atoms with Crippen LogP contribution in [0.4, 0.5) is 0 Å². The van der Waals surface area contributed by atoms with Gasteiger partial charge in [0.05, 0.1) is 0 Å². The van der Waals surface area contributed by atoms with Gasteiger partial charge in [-0.15, -0.1) is 0 Å². The van der Waals surface area contributed by atoms with Crippen molar-refractivity contribution in [1.82, 2.24) is 0 Å². The molecule has 0 aromatic rings. The second kappa shape index (κ2) is 24.7. The summed E-state index contributed by atoms with van der Waals surface area (Å²) in [5.74, 6) is 0. The summed E-state index contributed by atoms with van der Waals surface area (Å²) in [4.78, 5) is 0. The summed E-state index contributed by atoms with van der Waals surface area (Å²) < 4.78 is 0. The SMILES string of the molecule is [Al].[Ca].[Ce].[Cu].[Si]. The van der Waals surface area contributed by atoms with Gasteiger partial charge in [-0.05, 0) is 0 Å². The predicted molar refractivity (Wildman–Crippen MR) is 17.3 cm³/mol. The van der Waals surface area contributed by atoms with Crippen molar-refractivity contribution >= 4 is 66.1 Å². The summed E-state index contributed by atoms with van der Waals surface area (Å²) in [6, 6.07) is 0. The largest absolute Gasteiger partial charge is 0 e. The summed E-state index contributed by atoms with van der Waals surface area (Å²) >= 11 is 0. The van der Waals surface area contributed by atoms with Crippen molar-refractivity contribution in [1.29, 1.82) is 0 Å². The van der Waals surface area contributed by atoms with Gasteiger partial charge in [-0.2, -0.15) is 0 Å². The summed E-state index contributed by atoms with van der Waals surface area (Å²) in [7, 11) is 0. The normalized spacial score (nSPS) is 0. The molecule has 0 rings (SSSR count). The van der Waals surface area contributed by atoms with E-state index in [4.69, 9.17) is 0 Å². The first-order chi connectivity index (χ1) is 0. The van der Waals surface area contributed by atoms with Crippen LogP contribution in [-0.4, -0.2) is 66.1 Å². The smallest absolute Gasteiger partial charge is 0 e. The van der Waals surface area contributed by atoms with Gasteiger partial charge in [0.15, 0.2) is 0 Å². The Hall–Kier alpha value is 3.91. The summed E-state index contributed by atoms with van der Waals surface area (Å²) in [6.07, 6.45) is 0. The van der Waals surface area contributed by atoms with Gasteiger partial charge < -0.3 is 0 Å². The Morgan fingerprint density at radius 3 is 1.00 bits per heavy atom. The fourth-order valence-electron chi connectivity index (χ4n) is 0. The average molecular weight is 299 g/mol. The zero-order valence-corrected chi connectivity index (χ0v) is 11.0. The molecule has 0 saturated carbocycles. The standard InChI is InChI=1S/Al.Ca.Ce.Cu.Si. The molecule has 0 fully saturated rings. The number of hydrogen-bond acceptors (Lipinski definition) is 0. The monoisotopic (exact) mass is 298 g/mol. The Kier molecular flexibility index (Phi) is 180. The van der Waals surface area contributed by atoms with Crippen LogP contribution in [0.5, 0.6) is 0 Å². The topological polar surface area (TPSA) is 0 Å². The molecule has 0 aliphatic heterocycles. The number of hydrogen-bond donors (Lipinski definition) is 0. The Labute approximate surface area is 122 Å². The van der Waals surface area contributed by atoms with Crippen molar-refractivity contribution in [2.75, 3.05) is 0 Å². The van der Waals surface area contributed by atoms with Crippen molar-refractivity contribution in [2.45, 2.75) is 0 Å². The van der Waals surface area contributed by atoms with Crippen LogP contribution in [0, 0.1) is 41.7 Å². The Morgan fingerprint density at radius 2 is 1.00 bits per heavy atom. The minimum atomic E-state index is 0. The summed E-state index contributed by atoms with van der Waals surface area (Å²) in [5, 5.41) is 0. The maximum absolute atomic E-state index is 0. The van der Waals surface area contributed by atoms with Crippen LogP contribution in [-0.2, 0) is 17.1 Å². The van der Waals surface area contributed by atoms with Crippen LogP contribution in [0.2, 0.25) is 0 Å². The molecule has 0 heterocycles. The van der Waals surface area contributed by atoms with Crippen LogP contribution < -0.4 is 0 Å². The van der Waals surface area contributed by atoms with E-state index in [2.05, 4.69) is 0 Å². The first-order valence-electron chi connectivity index (χ1n) is 0. The fraction of sp³-hybridized carbons (Fsp3) is 0. The Morgan fingerprint density at radius 1 is 1.00 bits per heavy atom. The van der Waals surface area contributed by atoms with Crippen molar-refractivity contribution in [3.63, 3.8) is 0 Å². The van der Waals surface area contributed by atoms with E-state index in [0.29, 0.717) is 0 Å². The van der Waals surface area contributed by atoms with Gasteiger partial charge in [-0.1, -0.05) is 0 Å². The number of rotatable bonds is 0. The van der Waals surface area contributed by atoms with Crippen molar-refractivity contribution in [2.24, 2.45) is 0 Å². The van der Waals surface area contributed by atoms with Gasteiger partial charge in [0.1, 0.15) is 0 Å². The molecular formula is AlCaCeCuSi. The van der Waals surface area contributed by atoms with Crippen LogP contribution >= 0.6 is 0 Å². The van der Waals surface area contributed by atoms with E-state index in [1.807, 2.05) is 0 Å². The van der Waals surface area contributed by atoms with E-state index in [0.717, 1.165) is 0 Å². The summed E-state index contributed by atoms with van der Waals surface area (Å²) in [5.41, 5.74) is 0. The molecule has 0 nitrogen and oxygen atoms in total. The average Bonchev–Trinajstić information content (AvgIpc) is 0. The van der Waals surface area contributed by atoms with Gasteiger partial charge >= 0.3 is 0 Å². The fourth-order valence-corrected chi connectivity index (χ4v) is 0. The molecule has 0 aliphatic carbocycles.